The zero-order valence-electron chi connectivity index (χ0n) is 12.9. The highest BCUT2D eigenvalue weighted by molar-refractivity contribution is 5.92. The number of amides is 1. The van der Waals surface area contributed by atoms with Gasteiger partial charge in [-0.15, -0.1) is 0 Å². The van der Waals surface area contributed by atoms with Crippen molar-refractivity contribution >= 4 is 11.9 Å². The average molecular weight is 319 g/mol. The summed E-state index contributed by atoms with van der Waals surface area (Å²) < 4.78 is 14.4. The first-order chi connectivity index (χ1) is 10.8. The normalized spacial score (nSPS) is 11.3. The van der Waals surface area contributed by atoms with Crippen LogP contribution in [-0.4, -0.2) is 33.3 Å². The zero-order valence-corrected chi connectivity index (χ0v) is 12.9. The predicted octanol–water partition coefficient (Wildman–Crippen LogP) is 2.24. The lowest BCUT2D eigenvalue weighted by molar-refractivity contribution is -0.147. The van der Waals surface area contributed by atoms with E-state index in [4.69, 9.17) is 5.11 Å². The number of hydrogen-bond donors (Lipinski definition) is 2. The molecule has 0 saturated heterocycles. The van der Waals surface area contributed by atoms with Crippen molar-refractivity contribution in [3.63, 3.8) is 0 Å². The number of nitrogens with one attached hydrogen (secondary N) is 1. The molecule has 0 aliphatic carbocycles. The Hall–Kier alpha value is -2.70. The van der Waals surface area contributed by atoms with Gasteiger partial charge in [0.2, 0.25) is 0 Å². The molecule has 0 aliphatic heterocycles. The quantitative estimate of drug-likeness (QED) is 0.855. The number of benzene rings is 1. The molecule has 0 fully saturated rings. The number of nitrogens with zero attached hydrogens (tertiary/aromatic N) is 2. The molecule has 0 aliphatic rings. The summed E-state index contributed by atoms with van der Waals surface area (Å²) >= 11 is 0. The van der Waals surface area contributed by atoms with Crippen LogP contribution in [0.4, 0.5) is 4.39 Å². The topological polar surface area (TPSA) is 84.2 Å². The van der Waals surface area contributed by atoms with Gasteiger partial charge in [-0.05, 0) is 50.6 Å². The molecule has 2 rings (SSSR count). The highest BCUT2D eigenvalue weighted by Gasteiger charge is 2.26. The maximum absolute atomic E-state index is 12.9. The van der Waals surface area contributed by atoms with Gasteiger partial charge in [-0.2, -0.15) is 5.10 Å². The maximum atomic E-state index is 12.9. The second-order valence-corrected chi connectivity index (χ2v) is 5.82. The first-order valence-electron chi connectivity index (χ1n) is 7.13. The van der Waals surface area contributed by atoms with E-state index in [1.165, 1.54) is 16.8 Å². The van der Waals surface area contributed by atoms with E-state index < -0.39 is 11.4 Å². The van der Waals surface area contributed by atoms with E-state index in [0.717, 1.165) is 0 Å². The van der Waals surface area contributed by atoms with Gasteiger partial charge in [0.1, 0.15) is 5.82 Å². The van der Waals surface area contributed by atoms with Crippen LogP contribution in [0, 0.1) is 11.2 Å². The fourth-order valence-electron chi connectivity index (χ4n) is 1.87. The van der Waals surface area contributed by atoms with Crippen molar-refractivity contribution in [1.82, 2.24) is 15.1 Å². The van der Waals surface area contributed by atoms with E-state index in [1.807, 2.05) is 0 Å². The highest BCUT2D eigenvalue weighted by Crippen LogP contribution is 2.19. The number of aromatic nitrogens is 2. The SMILES string of the molecule is CC(C)(CCNC(=O)c1ccn(-c2ccc(F)cc2)n1)C(=O)O. The smallest absolute Gasteiger partial charge is 0.309 e. The van der Waals surface area contributed by atoms with E-state index in [2.05, 4.69) is 10.4 Å². The Morgan fingerprint density at radius 3 is 2.52 bits per heavy atom. The molecule has 0 unspecified atom stereocenters. The molecule has 1 amide bonds. The molecule has 1 heterocycles. The Labute approximate surface area is 132 Å². The van der Waals surface area contributed by atoms with Crippen LogP contribution in [0.3, 0.4) is 0 Å². The summed E-state index contributed by atoms with van der Waals surface area (Å²) in [7, 11) is 0. The van der Waals surface area contributed by atoms with Crippen molar-refractivity contribution in [1.29, 1.82) is 0 Å². The van der Waals surface area contributed by atoms with E-state index in [-0.39, 0.29) is 24.0 Å². The van der Waals surface area contributed by atoms with Crippen molar-refractivity contribution in [3.05, 3.63) is 48.0 Å². The zero-order chi connectivity index (χ0) is 17.0. The van der Waals surface area contributed by atoms with Crippen LogP contribution in [-0.2, 0) is 4.79 Å². The third kappa shape index (κ3) is 4.15. The molecule has 0 bridgehead atoms. The molecule has 2 aromatic rings. The third-order valence-corrected chi connectivity index (χ3v) is 3.53. The fourth-order valence-corrected chi connectivity index (χ4v) is 1.87. The van der Waals surface area contributed by atoms with Crippen LogP contribution < -0.4 is 5.32 Å². The molecule has 1 aromatic carbocycles. The molecular weight excluding hydrogens is 301 g/mol. The van der Waals surface area contributed by atoms with Gasteiger partial charge in [-0.1, -0.05) is 0 Å². The van der Waals surface area contributed by atoms with Gasteiger partial charge in [0.15, 0.2) is 5.69 Å². The van der Waals surface area contributed by atoms with Gasteiger partial charge in [-0.3, -0.25) is 9.59 Å². The van der Waals surface area contributed by atoms with Gasteiger partial charge in [0.05, 0.1) is 11.1 Å². The minimum absolute atomic E-state index is 0.211. The molecule has 0 radical (unpaired) electrons. The monoisotopic (exact) mass is 319 g/mol. The van der Waals surface area contributed by atoms with Crippen LogP contribution in [0.2, 0.25) is 0 Å². The van der Waals surface area contributed by atoms with Crippen molar-refractivity contribution in [2.45, 2.75) is 20.3 Å². The van der Waals surface area contributed by atoms with Crippen LogP contribution in [0.25, 0.3) is 5.69 Å². The Kier molecular flexibility index (Phi) is 4.78. The van der Waals surface area contributed by atoms with Crippen LogP contribution in [0.5, 0.6) is 0 Å². The molecule has 6 nitrogen and oxygen atoms in total. The lowest BCUT2D eigenvalue weighted by atomic mass is 9.90. The van der Waals surface area contributed by atoms with Gasteiger partial charge in [0.25, 0.3) is 5.91 Å². The molecule has 0 saturated carbocycles. The average Bonchev–Trinajstić information content (AvgIpc) is 2.97. The molecule has 23 heavy (non-hydrogen) atoms. The summed E-state index contributed by atoms with van der Waals surface area (Å²) in [6.07, 6.45) is 1.91. The molecule has 0 atom stereocenters. The molecule has 122 valence electrons. The van der Waals surface area contributed by atoms with Crippen molar-refractivity contribution in [2.75, 3.05) is 6.54 Å². The second kappa shape index (κ2) is 6.60. The van der Waals surface area contributed by atoms with Gasteiger partial charge in [0, 0.05) is 12.7 Å². The lowest BCUT2D eigenvalue weighted by Crippen LogP contribution is -2.32. The number of halogens is 1. The van der Waals surface area contributed by atoms with Gasteiger partial charge < -0.3 is 10.4 Å². The number of hydrogen-bond acceptors (Lipinski definition) is 3. The molecule has 7 heteroatoms. The van der Waals surface area contributed by atoms with Gasteiger partial charge >= 0.3 is 5.97 Å². The van der Waals surface area contributed by atoms with Crippen molar-refractivity contribution < 1.29 is 19.1 Å². The number of carbonyl (C=O) groups excluding carboxylic acids is 1. The van der Waals surface area contributed by atoms with Crippen molar-refractivity contribution in [2.24, 2.45) is 5.41 Å². The maximum Gasteiger partial charge on any atom is 0.309 e. The number of carboxylic acids is 1. The van der Waals surface area contributed by atoms with Crippen LogP contribution in [0.15, 0.2) is 36.5 Å². The predicted molar refractivity (Wildman–Crippen MR) is 81.9 cm³/mol. The van der Waals surface area contributed by atoms with Gasteiger partial charge in [-0.25, -0.2) is 9.07 Å². The highest BCUT2D eigenvalue weighted by atomic mass is 19.1. The third-order valence-electron chi connectivity index (χ3n) is 3.53. The summed E-state index contributed by atoms with van der Waals surface area (Å²) in [6, 6.07) is 7.27. The standard InChI is InChI=1S/C16H18FN3O3/c1-16(2,15(22)23)8-9-18-14(21)13-7-10-20(19-13)12-5-3-11(17)4-6-12/h3-7,10H,8-9H2,1-2H3,(H,18,21)(H,22,23). The summed E-state index contributed by atoms with van der Waals surface area (Å²) in [6.45, 7) is 3.44. The lowest BCUT2D eigenvalue weighted by Gasteiger charge is -2.18. The second-order valence-electron chi connectivity index (χ2n) is 5.82. The number of rotatable bonds is 6. The Bertz CT molecular complexity index is 708. The molecule has 0 spiro atoms. The molecule has 1 aromatic heterocycles. The van der Waals surface area contributed by atoms with E-state index in [9.17, 15) is 14.0 Å². The largest absolute Gasteiger partial charge is 0.481 e. The van der Waals surface area contributed by atoms with E-state index in [1.54, 1.807) is 38.2 Å². The minimum Gasteiger partial charge on any atom is -0.481 e. The van der Waals surface area contributed by atoms with Crippen LogP contribution in [0.1, 0.15) is 30.8 Å². The fraction of sp³-hybridized carbons (Fsp3) is 0.312. The Morgan fingerprint density at radius 1 is 1.26 bits per heavy atom. The summed E-state index contributed by atoms with van der Waals surface area (Å²) in [5.41, 5.74) is -0.0549. The van der Waals surface area contributed by atoms with E-state index >= 15 is 0 Å². The van der Waals surface area contributed by atoms with Crippen molar-refractivity contribution in [3.8, 4) is 5.69 Å². The summed E-state index contributed by atoms with van der Waals surface area (Å²) in [4.78, 5) is 23.0. The Balaban J connectivity index is 1.96. The number of carboxylic acid groups (broad SMARTS) is 1. The number of carbonyl (C=O) groups is 2. The first kappa shape index (κ1) is 16.7. The van der Waals surface area contributed by atoms with E-state index in [0.29, 0.717) is 12.1 Å². The summed E-state index contributed by atoms with van der Waals surface area (Å²) in [5, 5.41) is 15.8. The number of aliphatic carboxylic acids is 1. The Morgan fingerprint density at radius 2 is 1.91 bits per heavy atom. The minimum atomic E-state index is -0.910. The summed E-state index contributed by atoms with van der Waals surface area (Å²) in [5.74, 6) is -1.64. The van der Waals surface area contributed by atoms with Crippen LogP contribution >= 0.6 is 0 Å². The molecule has 2 N–H and O–H groups in total. The first-order valence-corrected chi connectivity index (χ1v) is 7.13. The molecular formula is C16H18FN3O3.